The summed E-state index contributed by atoms with van der Waals surface area (Å²) in [4.78, 5) is 24.1. The molecule has 8 heteroatoms. The zero-order chi connectivity index (χ0) is 21.6. The van der Waals surface area contributed by atoms with Crippen LogP contribution in [0.3, 0.4) is 0 Å². The number of Topliss-reactive ketones (excluding diaryl/α,β-unsaturated/α-hetero) is 1. The molecule has 1 amide bonds. The molecule has 0 aromatic heterocycles. The van der Waals surface area contributed by atoms with E-state index in [1.165, 1.54) is 30.8 Å². The highest BCUT2D eigenvalue weighted by Gasteiger charge is 2.13. The maximum absolute atomic E-state index is 12.3. The number of thioether (sulfide) groups is 1. The molecule has 0 saturated heterocycles. The van der Waals surface area contributed by atoms with Gasteiger partial charge < -0.3 is 10.1 Å². The summed E-state index contributed by atoms with van der Waals surface area (Å²) >= 11 is 1.42. The van der Waals surface area contributed by atoms with Crippen molar-refractivity contribution in [1.29, 1.82) is 0 Å². The van der Waals surface area contributed by atoms with E-state index in [-0.39, 0.29) is 28.4 Å². The third-order valence-corrected chi connectivity index (χ3v) is 6.47. The lowest BCUT2D eigenvalue weighted by atomic mass is 10.1. The Balaban J connectivity index is 1.91. The minimum absolute atomic E-state index is 0.0210. The van der Waals surface area contributed by atoms with Crippen molar-refractivity contribution < 1.29 is 22.7 Å². The number of carbonyl (C=O) groups excluding carboxylic acids is 2. The van der Waals surface area contributed by atoms with Gasteiger partial charge in [0, 0.05) is 23.1 Å². The number of carbonyl (C=O) groups is 2. The van der Waals surface area contributed by atoms with Gasteiger partial charge in [0.15, 0.2) is 15.6 Å². The molecule has 0 aliphatic rings. The van der Waals surface area contributed by atoms with Crippen molar-refractivity contribution in [3.63, 3.8) is 0 Å². The average Bonchev–Trinajstić information content (AvgIpc) is 2.67. The molecule has 0 spiro atoms. The molecule has 0 heterocycles. The molecule has 1 N–H and O–H groups in total. The highest BCUT2D eigenvalue weighted by Crippen LogP contribution is 2.25. The zero-order valence-electron chi connectivity index (χ0n) is 16.9. The van der Waals surface area contributed by atoms with E-state index in [1.807, 2.05) is 6.92 Å². The predicted octanol–water partition coefficient (Wildman–Crippen LogP) is 3.41. The van der Waals surface area contributed by atoms with Crippen molar-refractivity contribution in [2.45, 2.75) is 30.5 Å². The Bertz CT molecular complexity index is 985. The number of benzene rings is 2. The van der Waals surface area contributed by atoms with Gasteiger partial charge in [-0.2, -0.15) is 0 Å². The lowest BCUT2D eigenvalue weighted by Gasteiger charge is -2.15. The van der Waals surface area contributed by atoms with Crippen LogP contribution >= 0.6 is 11.8 Å². The summed E-state index contributed by atoms with van der Waals surface area (Å²) < 4.78 is 28.4. The van der Waals surface area contributed by atoms with Crippen LogP contribution in [0.1, 0.15) is 41.4 Å². The monoisotopic (exact) mass is 435 g/mol. The topological polar surface area (TPSA) is 89.5 Å². The van der Waals surface area contributed by atoms with Crippen molar-refractivity contribution in [3.8, 4) is 5.75 Å². The Morgan fingerprint density at radius 1 is 1.14 bits per heavy atom. The maximum Gasteiger partial charge on any atom is 0.230 e. The van der Waals surface area contributed by atoms with Gasteiger partial charge in [-0.1, -0.05) is 12.1 Å². The molecular weight excluding hydrogens is 410 g/mol. The second kappa shape index (κ2) is 9.93. The first-order valence-electron chi connectivity index (χ1n) is 8.96. The van der Waals surface area contributed by atoms with Gasteiger partial charge in [0.2, 0.25) is 5.91 Å². The number of ketones is 1. The maximum atomic E-state index is 12.3. The number of hydrogen-bond acceptors (Lipinski definition) is 6. The summed E-state index contributed by atoms with van der Waals surface area (Å²) in [5.41, 5.74) is 2.30. The Hall–Kier alpha value is -2.32. The summed E-state index contributed by atoms with van der Waals surface area (Å²) in [5, 5.41) is 2.90. The molecule has 2 rings (SSSR count). The van der Waals surface area contributed by atoms with Crippen LogP contribution < -0.4 is 10.1 Å². The molecule has 156 valence electrons. The van der Waals surface area contributed by atoms with Gasteiger partial charge in [0.25, 0.3) is 0 Å². The van der Waals surface area contributed by atoms with Crippen LogP contribution in [-0.4, -0.2) is 39.2 Å². The van der Waals surface area contributed by atoms with Crippen molar-refractivity contribution in [3.05, 3.63) is 59.2 Å². The lowest BCUT2D eigenvalue weighted by molar-refractivity contribution is -0.119. The molecule has 29 heavy (non-hydrogen) atoms. The summed E-state index contributed by atoms with van der Waals surface area (Å²) in [6.07, 6.45) is 1.16. The number of methoxy groups -OCH3 is 1. The van der Waals surface area contributed by atoms with E-state index in [9.17, 15) is 18.0 Å². The molecule has 2 aromatic carbocycles. The van der Waals surface area contributed by atoms with Crippen molar-refractivity contribution >= 4 is 33.3 Å². The van der Waals surface area contributed by atoms with E-state index < -0.39 is 9.84 Å². The van der Waals surface area contributed by atoms with Crippen molar-refractivity contribution in [2.75, 3.05) is 19.1 Å². The first-order chi connectivity index (χ1) is 13.6. The minimum Gasteiger partial charge on any atom is -0.496 e. The van der Waals surface area contributed by atoms with E-state index >= 15 is 0 Å². The van der Waals surface area contributed by atoms with Crippen LogP contribution in [0, 0.1) is 0 Å². The lowest BCUT2D eigenvalue weighted by Crippen LogP contribution is -2.28. The third kappa shape index (κ3) is 6.61. The van der Waals surface area contributed by atoms with Gasteiger partial charge in [-0.25, -0.2) is 8.42 Å². The zero-order valence-corrected chi connectivity index (χ0v) is 18.5. The largest absolute Gasteiger partial charge is 0.496 e. The number of ether oxygens (including phenoxy) is 1. The molecule has 1 unspecified atom stereocenters. The van der Waals surface area contributed by atoms with Crippen LogP contribution in [0.2, 0.25) is 0 Å². The van der Waals surface area contributed by atoms with Gasteiger partial charge in [0.05, 0.1) is 23.8 Å². The van der Waals surface area contributed by atoms with E-state index in [2.05, 4.69) is 5.32 Å². The van der Waals surface area contributed by atoms with Crippen LogP contribution in [0.5, 0.6) is 5.75 Å². The molecule has 0 aliphatic carbocycles. The fraction of sp³-hybridized carbons (Fsp3) is 0.333. The summed E-state index contributed by atoms with van der Waals surface area (Å²) in [6, 6.07) is 11.5. The minimum atomic E-state index is -3.24. The van der Waals surface area contributed by atoms with Gasteiger partial charge >= 0.3 is 0 Å². The molecule has 0 bridgehead atoms. The van der Waals surface area contributed by atoms with E-state index in [0.29, 0.717) is 17.1 Å². The Kier molecular flexibility index (Phi) is 7.87. The van der Waals surface area contributed by atoms with E-state index in [4.69, 9.17) is 4.74 Å². The standard InChI is InChI=1S/C21H25NO5S2/c1-14(16-5-8-19(9-6-16)29(4,25)26)22-21(24)13-28-12-18-11-17(15(2)23)7-10-20(18)27-3/h5-11,14H,12-13H2,1-4H3,(H,22,24). The molecule has 0 radical (unpaired) electrons. The number of sulfone groups is 1. The molecule has 0 aliphatic heterocycles. The molecule has 2 aromatic rings. The number of hydrogen-bond donors (Lipinski definition) is 1. The van der Waals surface area contributed by atoms with Crippen molar-refractivity contribution in [2.24, 2.45) is 0 Å². The summed E-state index contributed by atoms with van der Waals surface area (Å²) in [5.74, 6) is 1.32. The first kappa shape index (κ1) is 23.0. The van der Waals surface area contributed by atoms with E-state index in [0.717, 1.165) is 17.4 Å². The van der Waals surface area contributed by atoms with Crippen molar-refractivity contribution in [1.82, 2.24) is 5.32 Å². The fourth-order valence-electron chi connectivity index (χ4n) is 2.73. The Morgan fingerprint density at radius 2 is 1.79 bits per heavy atom. The van der Waals surface area contributed by atoms with Crippen LogP contribution in [0.15, 0.2) is 47.4 Å². The fourth-order valence-corrected chi connectivity index (χ4v) is 4.18. The average molecular weight is 436 g/mol. The van der Waals surface area contributed by atoms with Gasteiger partial charge in [-0.15, -0.1) is 11.8 Å². The smallest absolute Gasteiger partial charge is 0.230 e. The Labute approximate surface area is 176 Å². The normalized spacial score (nSPS) is 12.3. The quantitative estimate of drug-likeness (QED) is 0.607. The molecule has 1 atom stereocenters. The predicted molar refractivity (Wildman–Crippen MR) is 115 cm³/mol. The van der Waals surface area contributed by atoms with Crippen LogP contribution in [-0.2, 0) is 20.4 Å². The van der Waals surface area contributed by atoms with Gasteiger partial charge in [-0.05, 0) is 49.7 Å². The number of nitrogens with one attached hydrogen (secondary N) is 1. The molecule has 0 saturated carbocycles. The highest BCUT2D eigenvalue weighted by atomic mass is 32.2. The second-order valence-electron chi connectivity index (χ2n) is 6.71. The molecule has 0 fully saturated rings. The highest BCUT2D eigenvalue weighted by molar-refractivity contribution is 7.99. The molecular formula is C21H25NO5S2. The Morgan fingerprint density at radius 3 is 2.34 bits per heavy atom. The number of rotatable bonds is 9. The van der Waals surface area contributed by atoms with Gasteiger partial charge in [-0.3, -0.25) is 9.59 Å². The van der Waals surface area contributed by atoms with Gasteiger partial charge in [0.1, 0.15) is 5.75 Å². The summed E-state index contributed by atoms with van der Waals surface area (Å²) in [7, 11) is -1.67. The van der Waals surface area contributed by atoms with E-state index in [1.54, 1.807) is 37.4 Å². The first-order valence-corrected chi connectivity index (χ1v) is 12.0. The SMILES string of the molecule is COc1ccc(C(C)=O)cc1CSCC(=O)NC(C)c1ccc(S(C)(=O)=O)cc1. The second-order valence-corrected chi connectivity index (χ2v) is 9.71. The number of amides is 1. The molecule has 6 nitrogen and oxygen atoms in total. The third-order valence-electron chi connectivity index (χ3n) is 4.36. The van der Waals surface area contributed by atoms with Crippen LogP contribution in [0.4, 0.5) is 0 Å². The van der Waals surface area contributed by atoms with Crippen LogP contribution in [0.25, 0.3) is 0 Å². The summed E-state index contributed by atoms with van der Waals surface area (Å²) in [6.45, 7) is 3.35.